The van der Waals surface area contributed by atoms with Gasteiger partial charge < -0.3 is 5.73 Å². The molecule has 0 atom stereocenters. The van der Waals surface area contributed by atoms with Gasteiger partial charge in [0.15, 0.2) is 5.11 Å². The summed E-state index contributed by atoms with van der Waals surface area (Å²) >= 11 is 4.73. The average Bonchev–Trinajstić information content (AvgIpc) is 2.46. The molecule has 0 amide bonds. The van der Waals surface area contributed by atoms with Crippen molar-refractivity contribution in [3.05, 3.63) is 65.1 Å². The lowest BCUT2D eigenvalue weighted by atomic mass is 10.0. The number of hydrogen-bond acceptors (Lipinski definition) is 3. The van der Waals surface area contributed by atoms with Gasteiger partial charge in [-0.05, 0) is 28.9 Å². The number of nitrogens with zero attached hydrogens (tertiary/aromatic N) is 2. The van der Waals surface area contributed by atoms with Gasteiger partial charge in [0.2, 0.25) is 0 Å². The van der Waals surface area contributed by atoms with Gasteiger partial charge in [-0.3, -0.25) is 0 Å². The lowest BCUT2D eigenvalue weighted by Gasteiger charge is -2.12. The zero-order valence-corrected chi connectivity index (χ0v) is 11.0. The van der Waals surface area contributed by atoms with E-state index in [-0.39, 0.29) is 11.7 Å². The summed E-state index contributed by atoms with van der Waals surface area (Å²) in [7, 11) is 0. The summed E-state index contributed by atoms with van der Waals surface area (Å²) in [5.41, 5.74) is 8.57. The Morgan fingerprint density at radius 2 is 1.63 bits per heavy atom. The fourth-order valence-corrected chi connectivity index (χ4v) is 1.85. The first kappa shape index (κ1) is 13.2. The van der Waals surface area contributed by atoms with E-state index in [4.69, 9.17) is 18.0 Å². The van der Waals surface area contributed by atoms with Crippen LogP contribution < -0.4 is 5.73 Å². The highest BCUT2D eigenvalue weighted by atomic mass is 32.1. The van der Waals surface area contributed by atoms with Gasteiger partial charge in [0.05, 0.1) is 11.8 Å². The fraction of sp³-hybridized carbons (Fsp3) is 0.0714. The molecule has 0 spiro atoms. The van der Waals surface area contributed by atoms with Crippen LogP contribution in [0.1, 0.15) is 5.56 Å². The molecular formula is C14H13N3OS. The van der Waals surface area contributed by atoms with Crippen molar-refractivity contribution in [1.29, 1.82) is 0 Å². The smallest absolute Gasteiger partial charge is 0.189 e. The maximum atomic E-state index is 10.5. The molecule has 19 heavy (non-hydrogen) atoms. The summed E-state index contributed by atoms with van der Waals surface area (Å²) in [4.78, 5) is 10.5. The van der Waals surface area contributed by atoms with Crippen molar-refractivity contribution in [1.82, 2.24) is 5.01 Å². The summed E-state index contributed by atoms with van der Waals surface area (Å²) in [6.45, 7) is 0.286. The van der Waals surface area contributed by atoms with Crippen LogP contribution in [0.3, 0.4) is 0 Å². The maximum Gasteiger partial charge on any atom is 0.189 e. The van der Waals surface area contributed by atoms with Crippen molar-refractivity contribution < 1.29 is 0 Å². The molecule has 5 heteroatoms. The van der Waals surface area contributed by atoms with E-state index in [0.29, 0.717) is 0 Å². The molecule has 0 saturated carbocycles. The van der Waals surface area contributed by atoms with E-state index in [9.17, 15) is 4.91 Å². The first-order valence-electron chi connectivity index (χ1n) is 5.75. The van der Waals surface area contributed by atoms with E-state index in [1.807, 2.05) is 54.6 Å². The second-order valence-corrected chi connectivity index (χ2v) is 4.46. The summed E-state index contributed by atoms with van der Waals surface area (Å²) in [5.74, 6) is 0. The molecule has 2 N–H and O–H groups in total. The van der Waals surface area contributed by atoms with Crippen LogP contribution in [0.25, 0.3) is 11.1 Å². The summed E-state index contributed by atoms with van der Waals surface area (Å²) < 4.78 is 0. The molecule has 0 aliphatic heterocycles. The monoisotopic (exact) mass is 271 g/mol. The zero-order valence-electron chi connectivity index (χ0n) is 10.2. The Balaban J connectivity index is 2.15. The molecule has 0 bridgehead atoms. The predicted octanol–water partition coefficient (Wildman–Crippen LogP) is 3.08. The Labute approximate surface area is 116 Å². The van der Waals surface area contributed by atoms with E-state index >= 15 is 0 Å². The first-order chi connectivity index (χ1) is 9.20. The Hall–Kier alpha value is -2.27. The molecule has 0 aliphatic carbocycles. The number of nitrogens with two attached hydrogens (primary N) is 1. The third-order valence-corrected chi connectivity index (χ3v) is 2.96. The largest absolute Gasteiger partial charge is 0.375 e. The van der Waals surface area contributed by atoms with Crippen molar-refractivity contribution in [3.63, 3.8) is 0 Å². The second-order valence-electron chi connectivity index (χ2n) is 4.04. The third-order valence-electron chi connectivity index (χ3n) is 2.75. The van der Waals surface area contributed by atoms with Crippen LogP contribution in [0.15, 0.2) is 59.9 Å². The van der Waals surface area contributed by atoms with Crippen molar-refractivity contribution in [2.45, 2.75) is 6.54 Å². The van der Waals surface area contributed by atoms with E-state index in [1.54, 1.807) is 0 Å². The quantitative estimate of drug-likeness (QED) is 0.527. The number of hydrogen-bond donors (Lipinski definition) is 1. The van der Waals surface area contributed by atoms with Crippen LogP contribution in [0.4, 0.5) is 0 Å². The van der Waals surface area contributed by atoms with Crippen LogP contribution >= 0.6 is 12.2 Å². The summed E-state index contributed by atoms with van der Waals surface area (Å²) in [6.07, 6.45) is 0. The maximum absolute atomic E-state index is 10.5. The first-order valence-corrected chi connectivity index (χ1v) is 6.16. The Morgan fingerprint density at radius 3 is 2.16 bits per heavy atom. The minimum absolute atomic E-state index is 0.0258. The predicted molar refractivity (Wildman–Crippen MR) is 80.0 cm³/mol. The van der Waals surface area contributed by atoms with Crippen LogP contribution in [0.5, 0.6) is 0 Å². The molecule has 2 aromatic carbocycles. The van der Waals surface area contributed by atoms with Crippen molar-refractivity contribution >= 4 is 17.3 Å². The second kappa shape index (κ2) is 6.06. The summed E-state index contributed by atoms with van der Waals surface area (Å²) in [5, 5.41) is 3.80. The third kappa shape index (κ3) is 3.35. The van der Waals surface area contributed by atoms with Gasteiger partial charge in [-0.25, -0.2) is 0 Å². The number of rotatable bonds is 4. The molecule has 96 valence electrons. The van der Waals surface area contributed by atoms with Gasteiger partial charge in [-0.15, -0.1) is 4.91 Å². The van der Waals surface area contributed by atoms with Crippen LogP contribution in [0.2, 0.25) is 0 Å². The molecule has 0 radical (unpaired) electrons. The highest BCUT2D eigenvalue weighted by Gasteiger charge is 2.07. The SMILES string of the molecule is NC(=S)N(Cc1ccc(-c2ccccc2)cc1)N=O. The van der Waals surface area contributed by atoms with Crippen molar-refractivity contribution in [2.24, 2.45) is 11.0 Å². The Morgan fingerprint density at radius 1 is 1.05 bits per heavy atom. The normalized spacial score (nSPS) is 9.89. The van der Waals surface area contributed by atoms with Gasteiger partial charge in [0, 0.05) is 0 Å². The number of nitroso groups, excluding NO2 is 1. The fourth-order valence-electron chi connectivity index (χ4n) is 1.75. The summed E-state index contributed by atoms with van der Waals surface area (Å²) in [6, 6.07) is 17.9. The zero-order chi connectivity index (χ0) is 13.7. The van der Waals surface area contributed by atoms with Crippen LogP contribution in [-0.2, 0) is 6.54 Å². The molecule has 0 fully saturated rings. The molecular weight excluding hydrogens is 258 g/mol. The Bertz CT molecular complexity index is 569. The van der Waals surface area contributed by atoms with Crippen molar-refractivity contribution in [2.75, 3.05) is 0 Å². The lowest BCUT2D eigenvalue weighted by molar-refractivity contribution is 0.437. The van der Waals surface area contributed by atoms with Crippen molar-refractivity contribution in [3.8, 4) is 11.1 Å². The van der Waals surface area contributed by atoms with E-state index in [1.165, 1.54) is 0 Å². The number of benzene rings is 2. The van der Waals surface area contributed by atoms with Gasteiger partial charge in [0.25, 0.3) is 0 Å². The van der Waals surface area contributed by atoms with Gasteiger partial charge in [-0.1, -0.05) is 54.6 Å². The minimum Gasteiger partial charge on any atom is -0.375 e. The molecule has 0 heterocycles. The van der Waals surface area contributed by atoms with Crippen LogP contribution in [0, 0.1) is 4.91 Å². The van der Waals surface area contributed by atoms with Crippen LogP contribution in [-0.4, -0.2) is 10.1 Å². The van der Waals surface area contributed by atoms with E-state index in [0.717, 1.165) is 21.7 Å². The topological polar surface area (TPSA) is 58.7 Å². The minimum atomic E-state index is -0.0258. The molecule has 0 saturated heterocycles. The van der Waals surface area contributed by atoms with E-state index in [2.05, 4.69) is 5.29 Å². The highest BCUT2D eigenvalue weighted by molar-refractivity contribution is 7.80. The van der Waals surface area contributed by atoms with E-state index < -0.39 is 0 Å². The lowest BCUT2D eigenvalue weighted by Crippen LogP contribution is -2.29. The number of thiocarbonyl (C=S) groups is 1. The standard InChI is InChI=1S/C14H13N3OS/c15-14(19)17(16-18)10-11-6-8-13(9-7-11)12-4-2-1-3-5-12/h1-9H,10H2,(H2,15,19). The molecule has 0 aliphatic rings. The Kier molecular flexibility index (Phi) is 4.20. The average molecular weight is 271 g/mol. The molecule has 0 unspecified atom stereocenters. The molecule has 2 rings (SSSR count). The molecule has 0 aromatic heterocycles. The van der Waals surface area contributed by atoms with Gasteiger partial charge >= 0.3 is 0 Å². The molecule has 4 nitrogen and oxygen atoms in total. The van der Waals surface area contributed by atoms with Gasteiger partial charge in [-0.2, -0.15) is 5.01 Å². The highest BCUT2D eigenvalue weighted by Crippen LogP contribution is 2.19. The van der Waals surface area contributed by atoms with Gasteiger partial charge in [0.1, 0.15) is 0 Å². The molecule has 2 aromatic rings.